The van der Waals surface area contributed by atoms with Gasteiger partial charge >= 0.3 is 17.9 Å². The van der Waals surface area contributed by atoms with Crippen LogP contribution in [0.3, 0.4) is 0 Å². The summed E-state index contributed by atoms with van der Waals surface area (Å²) in [6.45, 7) is 15.3. The lowest BCUT2D eigenvalue weighted by atomic mass is 9.32. The zero-order valence-electron chi connectivity index (χ0n) is 49.1. The zero-order chi connectivity index (χ0) is 62.0. The Kier molecular flexibility index (Phi) is 18.5. The maximum atomic E-state index is 13.0. The molecule has 0 radical (unpaired) electrons. The summed E-state index contributed by atoms with van der Waals surface area (Å²) in [4.78, 5) is 37.2. The Balaban J connectivity index is 1.00. The molecule has 0 amide bonds. The fourth-order valence-electron chi connectivity index (χ4n) is 17.4. The van der Waals surface area contributed by atoms with Gasteiger partial charge in [-0.05, 0) is 84.9 Å². The fourth-order valence-corrected chi connectivity index (χ4v) is 17.4. The molecule has 0 aromatic heterocycles. The van der Waals surface area contributed by atoms with Crippen molar-refractivity contribution in [1.82, 2.24) is 0 Å². The average Bonchev–Trinajstić information content (AvgIpc) is 0.728. The van der Waals surface area contributed by atoms with E-state index < -0.39 is 223 Å². The van der Waals surface area contributed by atoms with E-state index >= 15 is 0 Å². The Morgan fingerprint density at radius 3 is 1.71 bits per heavy atom. The maximum Gasteiger partial charge on any atom is 0.335 e. The molecule has 8 fully saturated rings. The lowest BCUT2D eigenvalue weighted by molar-refractivity contribution is -0.386. The van der Waals surface area contributed by atoms with Crippen molar-refractivity contribution in [1.29, 1.82) is 0 Å². The van der Waals surface area contributed by atoms with Gasteiger partial charge in [-0.1, -0.05) is 60.1 Å². The number of carboxylic acid groups (broad SMARTS) is 1. The van der Waals surface area contributed by atoms with Crippen molar-refractivity contribution in [3.05, 3.63) is 11.6 Å². The van der Waals surface area contributed by atoms with Crippen molar-refractivity contribution < 1.29 is 133 Å². The van der Waals surface area contributed by atoms with Gasteiger partial charge in [-0.25, -0.2) is 4.79 Å². The number of aliphatic carboxylic acids is 1. The number of carboxylic acids is 1. The predicted molar refractivity (Wildman–Crippen MR) is 280 cm³/mol. The number of allylic oxidation sites excluding steroid dienone is 1. The van der Waals surface area contributed by atoms with E-state index in [1.54, 1.807) is 0 Å². The molecular formula is C57H90O27. The second-order valence-corrected chi connectivity index (χ2v) is 27.3. The highest BCUT2D eigenvalue weighted by Crippen LogP contribution is 2.76. The molecule has 9 rings (SSSR count). The molecule has 0 aromatic carbocycles. The minimum Gasteiger partial charge on any atom is -0.479 e. The lowest BCUT2D eigenvalue weighted by Gasteiger charge is -2.73. The van der Waals surface area contributed by atoms with E-state index in [1.807, 2.05) is 34.6 Å². The van der Waals surface area contributed by atoms with E-state index in [0.717, 1.165) is 19.4 Å². The van der Waals surface area contributed by atoms with Crippen LogP contribution in [0.1, 0.15) is 108 Å². The molecule has 27 nitrogen and oxygen atoms in total. The zero-order valence-corrected chi connectivity index (χ0v) is 49.1. The van der Waals surface area contributed by atoms with Gasteiger partial charge in [0.05, 0.1) is 61.9 Å². The lowest BCUT2D eigenvalue weighted by Crippen LogP contribution is -2.76. The van der Waals surface area contributed by atoms with Crippen LogP contribution in [0.2, 0.25) is 0 Å². The monoisotopic (exact) mass is 1210 g/mol. The highest BCUT2D eigenvalue weighted by molar-refractivity contribution is 5.73. The second-order valence-electron chi connectivity index (χ2n) is 27.3. The largest absolute Gasteiger partial charge is 0.479 e. The number of hydrogen-bond acceptors (Lipinski definition) is 26. The summed E-state index contributed by atoms with van der Waals surface area (Å²) < 4.78 is 59.8. The van der Waals surface area contributed by atoms with Gasteiger partial charge < -0.3 is 119 Å². The van der Waals surface area contributed by atoms with Crippen molar-refractivity contribution in [2.45, 2.75) is 255 Å². The first kappa shape index (κ1) is 65.7. The Hall–Kier alpha value is -2.69. The molecule has 4 heterocycles. The van der Waals surface area contributed by atoms with Gasteiger partial charge in [-0.2, -0.15) is 0 Å². The Morgan fingerprint density at radius 2 is 1.14 bits per heavy atom. The number of aliphatic hydroxyl groups is 13. The minimum absolute atomic E-state index is 0.180. The van der Waals surface area contributed by atoms with Gasteiger partial charge in [0, 0.05) is 19.3 Å². The highest BCUT2D eigenvalue weighted by Gasteiger charge is 2.76. The topological polar surface area (TPSA) is 427 Å². The molecule has 0 bridgehead atoms. The van der Waals surface area contributed by atoms with Gasteiger partial charge in [0.25, 0.3) is 0 Å². The van der Waals surface area contributed by atoms with Gasteiger partial charge in [0.15, 0.2) is 43.5 Å². The fraction of sp³-hybridized carbons (Fsp3) is 0.912. The summed E-state index contributed by atoms with van der Waals surface area (Å²) in [5, 5.41) is 158. The molecule has 4 saturated heterocycles. The number of esters is 2. The number of carbonyl (C=O) groups excluding carboxylic acids is 2. The van der Waals surface area contributed by atoms with E-state index in [9.17, 15) is 85.9 Å². The highest BCUT2D eigenvalue weighted by atomic mass is 16.8. The predicted octanol–water partition coefficient (Wildman–Crippen LogP) is -2.78. The molecule has 84 heavy (non-hydrogen) atoms. The van der Waals surface area contributed by atoms with E-state index in [-0.39, 0.29) is 18.3 Å². The van der Waals surface area contributed by atoms with Gasteiger partial charge in [0.1, 0.15) is 67.1 Å². The molecule has 27 heteroatoms. The summed E-state index contributed by atoms with van der Waals surface area (Å²) >= 11 is 0. The van der Waals surface area contributed by atoms with E-state index in [2.05, 4.69) is 19.9 Å². The van der Waals surface area contributed by atoms with Crippen molar-refractivity contribution in [3.8, 4) is 0 Å². The molecule has 4 saturated carbocycles. The van der Waals surface area contributed by atoms with Crippen LogP contribution in [0, 0.1) is 50.2 Å². The van der Waals surface area contributed by atoms with E-state index in [0.29, 0.717) is 32.1 Å². The van der Waals surface area contributed by atoms with Crippen LogP contribution in [-0.4, -0.2) is 256 Å². The van der Waals surface area contributed by atoms with Crippen LogP contribution in [0.15, 0.2) is 11.6 Å². The first-order valence-corrected chi connectivity index (χ1v) is 29.3. The standard InChI is InChI=1S/C57H90O27/c1-21-38(76-22(2)61)40(77-23(3)62)37(69)50(75-21)84-46-45(72)57(20-60)25(17-52(46,4)5)24-11-12-29-54(8)15-14-30(53(6,7)28(54)13-16-55(29,9)56(24,10)43(70)44(57)71)80-51-42(83-49-35(67)33(65)31(63)26(18-58)78-49)39(36(68)41(82-51)47(73)74)81-48-34(66)32(64)27(19-59)79-48/h11,21,25-46,48-51,58-60,63-72H,12-20H2,1-10H3,(H,73,74)/t21-,25?,26+,27+,28?,29?,30-,31-,32+,33-,34-,35+,36-,37+,38-,39-,40-,41-,42+,43+,44-,45+,46-,48+,49-,50-,51-,54-,55+,56-,57-/m0/s1. The third-order valence-electron chi connectivity index (χ3n) is 22.0. The summed E-state index contributed by atoms with van der Waals surface area (Å²) in [5.74, 6) is -4.24. The third-order valence-corrected chi connectivity index (χ3v) is 22.0. The first-order valence-electron chi connectivity index (χ1n) is 29.3. The number of aliphatic hydroxyl groups excluding tert-OH is 13. The molecule has 3 unspecified atom stereocenters. The van der Waals surface area contributed by atoms with E-state index in [4.69, 9.17) is 47.4 Å². The molecular weight excluding hydrogens is 1120 g/mol. The SMILES string of the molecule is CC(=O)O[C@@H]1[C@@H](OC(C)=O)[C@@H](O)[C@H](O[C@H]2[C@@H](O)[C@@]3(CO)C(CC2(C)C)C2=CCC4[C@@]5(C)CC[C@H](O[C@H]6O[C@H](C(=O)O)[C@@H](O)[C@H](O[C@H]7O[C@H](CO)[C@@H](O)[C@@H]7O)[C@H]6O[C@@H]6O[C@H](CO)[C@H](O)[C@H](O)[C@H]6O)C(C)(C)C5CC[C@@]4(C)[C@]2(C)[C@H](O)[C@@H]3O)O[C@H]1C. The first-order chi connectivity index (χ1) is 39.1. The second kappa shape index (κ2) is 23.6. The normalized spacial score (nSPS) is 52.4. The van der Waals surface area contributed by atoms with Crippen LogP contribution in [0.25, 0.3) is 0 Å². The molecule has 0 spiro atoms. The number of fused-ring (bicyclic) bond motifs is 7. The third kappa shape index (κ3) is 10.3. The average molecular weight is 1210 g/mol. The van der Waals surface area contributed by atoms with Gasteiger partial charge in [-0.3, -0.25) is 9.59 Å². The molecule has 31 atom stereocenters. The maximum absolute atomic E-state index is 13.0. The van der Waals surface area contributed by atoms with Crippen LogP contribution in [-0.2, 0) is 61.8 Å². The summed E-state index contributed by atoms with van der Waals surface area (Å²) in [6, 6.07) is 0. The van der Waals surface area contributed by atoms with Crippen molar-refractivity contribution in [2.24, 2.45) is 50.2 Å². The Morgan fingerprint density at radius 1 is 0.583 bits per heavy atom. The van der Waals surface area contributed by atoms with Crippen LogP contribution >= 0.6 is 0 Å². The molecule has 480 valence electrons. The van der Waals surface area contributed by atoms with Crippen LogP contribution in [0.5, 0.6) is 0 Å². The summed E-state index contributed by atoms with van der Waals surface area (Å²) in [7, 11) is 0. The number of carbonyl (C=O) groups is 3. The molecule has 14 N–H and O–H groups in total. The minimum atomic E-state index is -2.14. The molecule has 4 aliphatic heterocycles. The van der Waals surface area contributed by atoms with Crippen LogP contribution in [0.4, 0.5) is 0 Å². The van der Waals surface area contributed by atoms with Crippen LogP contribution < -0.4 is 0 Å². The van der Waals surface area contributed by atoms with E-state index in [1.165, 1.54) is 6.92 Å². The Bertz CT molecular complexity index is 2430. The van der Waals surface area contributed by atoms with Crippen molar-refractivity contribution >= 4 is 17.9 Å². The number of hydrogen-bond donors (Lipinski definition) is 14. The summed E-state index contributed by atoms with van der Waals surface area (Å²) in [6.07, 6.45) is -35.0. The molecule has 0 aromatic rings. The van der Waals surface area contributed by atoms with Gasteiger partial charge in [0.2, 0.25) is 0 Å². The summed E-state index contributed by atoms with van der Waals surface area (Å²) in [5.41, 5.74) is -5.30. The smallest absolute Gasteiger partial charge is 0.335 e. The number of rotatable bonds is 14. The van der Waals surface area contributed by atoms with Crippen molar-refractivity contribution in [2.75, 3.05) is 19.8 Å². The number of ether oxygens (including phenoxy) is 10. The van der Waals surface area contributed by atoms with Gasteiger partial charge in [-0.15, -0.1) is 0 Å². The van der Waals surface area contributed by atoms with Crippen molar-refractivity contribution in [3.63, 3.8) is 0 Å². The Labute approximate surface area is 486 Å². The molecule has 5 aliphatic carbocycles. The molecule has 9 aliphatic rings. The quantitative estimate of drug-likeness (QED) is 0.0475.